The Hall–Kier alpha value is -1.20. The maximum absolute atomic E-state index is 5.86. The Morgan fingerprint density at radius 2 is 2.21 bits per heavy atom. The van der Waals surface area contributed by atoms with Crippen molar-refractivity contribution in [3.05, 3.63) is 34.1 Å². The number of halogens is 1. The molecule has 0 spiro atoms. The van der Waals surface area contributed by atoms with E-state index in [2.05, 4.69) is 26.1 Å². The van der Waals surface area contributed by atoms with Gasteiger partial charge in [-0.15, -0.1) is 0 Å². The minimum Gasteiger partial charge on any atom is -0.338 e. The van der Waals surface area contributed by atoms with Crippen LogP contribution in [-0.4, -0.2) is 16.7 Å². The normalized spacial score (nSPS) is 17.2. The summed E-state index contributed by atoms with van der Waals surface area (Å²) < 4.78 is 6.50. The van der Waals surface area contributed by atoms with E-state index >= 15 is 0 Å². The maximum atomic E-state index is 5.86. The third-order valence-corrected chi connectivity index (χ3v) is 4.50. The average Bonchev–Trinajstić information content (AvgIpc) is 2.78. The molecule has 1 aliphatic carbocycles. The van der Waals surface area contributed by atoms with Gasteiger partial charge in [0.25, 0.3) is 0 Å². The van der Waals surface area contributed by atoms with Crippen LogP contribution in [0.2, 0.25) is 0 Å². The zero-order chi connectivity index (χ0) is 13.5. The summed E-state index contributed by atoms with van der Waals surface area (Å²) in [6.45, 7) is 2.62. The quantitative estimate of drug-likeness (QED) is 0.942. The van der Waals surface area contributed by atoms with Crippen molar-refractivity contribution in [2.75, 3.05) is 6.54 Å². The molecule has 19 heavy (non-hydrogen) atoms. The Bertz CT molecular complexity index is 599. The van der Waals surface area contributed by atoms with E-state index in [1.165, 1.54) is 6.42 Å². The molecule has 1 heterocycles. The smallest absolute Gasteiger partial charge is 0.234 e. The van der Waals surface area contributed by atoms with Gasteiger partial charge in [0.1, 0.15) is 0 Å². The molecule has 0 atom stereocenters. The zero-order valence-electron chi connectivity index (χ0n) is 10.8. The summed E-state index contributed by atoms with van der Waals surface area (Å²) in [5.74, 6) is 1.35. The monoisotopic (exact) mass is 321 g/mol. The summed E-state index contributed by atoms with van der Waals surface area (Å²) in [6, 6.07) is 6.04. The Kier molecular flexibility index (Phi) is 3.19. The molecule has 0 amide bonds. The van der Waals surface area contributed by atoms with Crippen molar-refractivity contribution in [2.45, 2.75) is 31.6 Å². The summed E-state index contributed by atoms with van der Waals surface area (Å²) in [7, 11) is 0. The molecule has 0 bridgehead atoms. The minimum atomic E-state index is -0.0749. The number of hydrogen-bond acceptors (Lipinski definition) is 4. The zero-order valence-corrected chi connectivity index (χ0v) is 12.4. The lowest BCUT2D eigenvalue weighted by Gasteiger charge is -2.36. The van der Waals surface area contributed by atoms with E-state index in [-0.39, 0.29) is 5.41 Å². The van der Waals surface area contributed by atoms with Crippen LogP contribution in [0.5, 0.6) is 0 Å². The van der Waals surface area contributed by atoms with Gasteiger partial charge in [0, 0.05) is 16.6 Å². The van der Waals surface area contributed by atoms with Crippen molar-refractivity contribution in [3.8, 4) is 11.4 Å². The molecule has 1 fully saturated rings. The predicted molar refractivity (Wildman–Crippen MR) is 76.8 cm³/mol. The minimum absolute atomic E-state index is 0.0749. The van der Waals surface area contributed by atoms with E-state index in [1.807, 2.05) is 25.1 Å². The van der Waals surface area contributed by atoms with Gasteiger partial charge in [-0.05, 0) is 43.5 Å². The molecule has 2 N–H and O–H groups in total. The van der Waals surface area contributed by atoms with Gasteiger partial charge in [-0.2, -0.15) is 4.98 Å². The molecule has 1 aliphatic rings. The second kappa shape index (κ2) is 4.72. The highest BCUT2D eigenvalue weighted by Crippen LogP contribution is 2.42. The van der Waals surface area contributed by atoms with Gasteiger partial charge >= 0.3 is 0 Å². The van der Waals surface area contributed by atoms with E-state index < -0.39 is 0 Å². The van der Waals surface area contributed by atoms with Crippen LogP contribution in [0.3, 0.4) is 0 Å². The summed E-state index contributed by atoms with van der Waals surface area (Å²) in [5.41, 5.74) is 7.92. The first-order chi connectivity index (χ1) is 9.14. The molecule has 2 aromatic rings. The van der Waals surface area contributed by atoms with Gasteiger partial charge in [0.05, 0.1) is 5.41 Å². The first-order valence-corrected chi connectivity index (χ1v) is 7.25. The van der Waals surface area contributed by atoms with Crippen LogP contribution < -0.4 is 5.73 Å². The molecule has 3 rings (SSSR count). The number of nitrogens with two attached hydrogens (primary N) is 1. The molecule has 0 radical (unpaired) electrons. The summed E-state index contributed by atoms with van der Waals surface area (Å²) in [5, 5.41) is 4.12. The number of nitrogens with zero attached hydrogens (tertiary/aromatic N) is 2. The van der Waals surface area contributed by atoms with Crippen molar-refractivity contribution in [3.63, 3.8) is 0 Å². The van der Waals surface area contributed by atoms with E-state index in [0.717, 1.165) is 28.4 Å². The topological polar surface area (TPSA) is 64.9 Å². The van der Waals surface area contributed by atoms with Gasteiger partial charge < -0.3 is 10.3 Å². The van der Waals surface area contributed by atoms with Gasteiger partial charge in [-0.1, -0.05) is 27.5 Å². The maximum Gasteiger partial charge on any atom is 0.234 e. The average molecular weight is 322 g/mol. The number of rotatable bonds is 3. The van der Waals surface area contributed by atoms with Crippen LogP contribution >= 0.6 is 15.9 Å². The number of aromatic nitrogens is 2. The Morgan fingerprint density at radius 1 is 1.42 bits per heavy atom. The predicted octanol–water partition coefficient (Wildman–Crippen LogP) is 3.19. The van der Waals surface area contributed by atoms with Gasteiger partial charge in [0.2, 0.25) is 11.7 Å². The summed E-state index contributed by atoms with van der Waals surface area (Å²) in [4.78, 5) is 4.56. The van der Waals surface area contributed by atoms with E-state index in [1.54, 1.807) is 0 Å². The van der Waals surface area contributed by atoms with E-state index in [0.29, 0.717) is 18.3 Å². The first-order valence-electron chi connectivity index (χ1n) is 6.45. The van der Waals surface area contributed by atoms with E-state index in [4.69, 9.17) is 10.3 Å². The molecular weight excluding hydrogens is 306 g/mol. The highest BCUT2D eigenvalue weighted by Gasteiger charge is 2.42. The van der Waals surface area contributed by atoms with Crippen LogP contribution in [0.1, 0.15) is 30.7 Å². The van der Waals surface area contributed by atoms with Crippen molar-refractivity contribution in [1.29, 1.82) is 0 Å². The number of benzene rings is 1. The van der Waals surface area contributed by atoms with Crippen LogP contribution in [0.15, 0.2) is 27.2 Å². The molecule has 0 aliphatic heterocycles. The fraction of sp³-hybridized carbons (Fsp3) is 0.429. The van der Waals surface area contributed by atoms with Crippen molar-refractivity contribution in [1.82, 2.24) is 10.1 Å². The van der Waals surface area contributed by atoms with Gasteiger partial charge in [-0.3, -0.25) is 0 Å². The van der Waals surface area contributed by atoms with Crippen LogP contribution in [-0.2, 0) is 5.41 Å². The second-order valence-corrected chi connectivity index (χ2v) is 6.14. The third kappa shape index (κ3) is 2.11. The largest absolute Gasteiger partial charge is 0.338 e. The first kappa shape index (κ1) is 12.8. The number of hydrogen-bond donors (Lipinski definition) is 1. The standard InChI is InChI=1S/C14H16BrN3O/c1-9-7-10(15)3-4-11(9)12-17-13(19-18-12)14(8-16)5-2-6-14/h3-4,7H,2,5-6,8,16H2,1H3. The third-order valence-electron chi connectivity index (χ3n) is 4.01. The molecule has 1 aromatic carbocycles. The lowest BCUT2D eigenvalue weighted by Crippen LogP contribution is -2.41. The molecule has 5 heteroatoms. The Morgan fingerprint density at radius 3 is 2.79 bits per heavy atom. The molecular formula is C14H16BrN3O. The van der Waals surface area contributed by atoms with Gasteiger partial charge in [0.15, 0.2) is 0 Å². The summed E-state index contributed by atoms with van der Waals surface area (Å²) in [6.07, 6.45) is 3.28. The second-order valence-electron chi connectivity index (χ2n) is 5.22. The van der Waals surface area contributed by atoms with Crippen molar-refractivity contribution < 1.29 is 4.52 Å². The highest BCUT2D eigenvalue weighted by molar-refractivity contribution is 9.10. The fourth-order valence-electron chi connectivity index (χ4n) is 2.54. The van der Waals surface area contributed by atoms with Gasteiger partial charge in [-0.25, -0.2) is 0 Å². The molecule has 0 unspecified atom stereocenters. The summed E-state index contributed by atoms with van der Waals surface area (Å²) >= 11 is 3.46. The SMILES string of the molecule is Cc1cc(Br)ccc1-c1noc(C2(CN)CCC2)n1. The molecule has 4 nitrogen and oxygen atoms in total. The lowest BCUT2D eigenvalue weighted by molar-refractivity contribution is 0.182. The van der Waals surface area contributed by atoms with Crippen molar-refractivity contribution >= 4 is 15.9 Å². The van der Waals surface area contributed by atoms with Crippen LogP contribution in [0, 0.1) is 6.92 Å². The number of aryl methyl sites for hydroxylation is 1. The molecule has 1 saturated carbocycles. The Labute approximate surface area is 120 Å². The van der Waals surface area contributed by atoms with E-state index in [9.17, 15) is 0 Å². The molecule has 1 aromatic heterocycles. The molecule has 0 saturated heterocycles. The lowest BCUT2D eigenvalue weighted by atomic mass is 9.69. The fourth-order valence-corrected chi connectivity index (χ4v) is 3.01. The van der Waals surface area contributed by atoms with Crippen LogP contribution in [0.25, 0.3) is 11.4 Å². The Balaban J connectivity index is 1.97. The van der Waals surface area contributed by atoms with Crippen molar-refractivity contribution in [2.24, 2.45) is 5.73 Å². The highest BCUT2D eigenvalue weighted by atomic mass is 79.9. The van der Waals surface area contributed by atoms with Crippen LogP contribution in [0.4, 0.5) is 0 Å². The molecule has 100 valence electrons.